The second kappa shape index (κ2) is 5.99. The molecule has 1 fully saturated rings. The summed E-state index contributed by atoms with van der Waals surface area (Å²) in [4.78, 5) is 11.4. The minimum absolute atomic E-state index is 0.312. The summed E-state index contributed by atoms with van der Waals surface area (Å²) in [6.07, 6.45) is 5.22. The van der Waals surface area contributed by atoms with Crippen molar-refractivity contribution in [2.24, 2.45) is 0 Å². The topological polar surface area (TPSA) is 34.9 Å². The first-order valence-electron chi connectivity index (χ1n) is 6.81. The van der Waals surface area contributed by atoms with E-state index in [4.69, 9.17) is 34.8 Å². The first-order valence-corrected chi connectivity index (χ1v) is 7.94. The fraction of sp³-hybridized carbons (Fsp3) is 0.333. The Kier molecular flexibility index (Phi) is 4.25. The van der Waals surface area contributed by atoms with Crippen LogP contribution in [0.3, 0.4) is 0 Å². The van der Waals surface area contributed by atoms with Gasteiger partial charge in [-0.3, -0.25) is 4.79 Å². The molecule has 0 aliphatic heterocycles. The minimum atomic E-state index is 0.312. The molecule has 6 heteroatoms. The Morgan fingerprint density at radius 1 is 1.14 bits per heavy atom. The van der Waals surface area contributed by atoms with E-state index < -0.39 is 0 Å². The Labute approximate surface area is 137 Å². The summed E-state index contributed by atoms with van der Waals surface area (Å²) in [5.41, 5.74) is 1.97. The molecule has 1 aromatic heterocycles. The van der Waals surface area contributed by atoms with Crippen LogP contribution in [0.15, 0.2) is 18.2 Å². The average Bonchev–Trinajstić information content (AvgIpc) is 3.09. The summed E-state index contributed by atoms with van der Waals surface area (Å²) in [6.45, 7) is 0. The molecule has 0 radical (unpaired) electrons. The Hall–Kier alpha value is -1.03. The van der Waals surface area contributed by atoms with Crippen LogP contribution >= 0.6 is 34.8 Å². The lowest BCUT2D eigenvalue weighted by molar-refractivity contribution is 0.112. The molecular weight excluding hydrogens is 331 g/mol. The van der Waals surface area contributed by atoms with Crippen LogP contribution in [-0.2, 0) is 0 Å². The molecule has 1 saturated carbocycles. The zero-order valence-electron chi connectivity index (χ0n) is 11.2. The van der Waals surface area contributed by atoms with E-state index in [0.29, 0.717) is 32.4 Å². The van der Waals surface area contributed by atoms with Gasteiger partial charge < -0.3 is 0 Å². The number of hydrogen-bond acceptors (Lipinski definition) is 2. The minimum Gasteiger partial charge on any atom is -0.298 e. The van der Waals surface area contributed by atoms with Crippen molar-refractivity contribution >= 4 is 41.1 Å². The van der Waals surface area contributed by atoms with E-state index in [0.717, 1.165) is 24.8 Å². The second-order valence-electron chi connectivity index (χ2n) is 5.20. The standard InChI is InChI=1S/C15H13Cl3N2O/c16-12-6-5-10(7-13(12)17)20-15(18)11(8-21)14(19-20)9-3-1-2-4-9/h5-9H,1-4H2. The molecule has 1 aliphatic rings. The molecule has 1 aliphatic carbocycles. The average molecular weight is 344 g/mol. The molecule has 0 saturated heterocycles. The fourth-order valence-electron chi connectivity index (χ4n) is 2.82. The van der Waals surface area contributed by atoms with Gasteiger partial charge in [0.15, 0.2) is 6.29 Å². The highest BCUT2D eigenvalue weighted by Crippen LogP contribution is 2.37. The van der Waals surface area contributed by atoms with Crippen molar-refractivity contribution in [3.8, 4) is 5.69 Å². The van der Waals surface area contributed by atoms with Crippen LogP contribution in [0, 0.1) is 0 Å². The number of rotatable bonds is 3. The fourth-order valence-corrected chi connectivity index (χ4v) is 3.39. The van der Waals surface area contributed by atoms with Gasteiger partial charge in [0.05, 0.1) is 27.0 Å². The molecule has 0 bridgehead atoms. The number of nitrogens with zero attached hydrogens (tertiary/aromatic N) is 2. The van der Waals surface area contributed by atoms with Crippen molar-refractivity contribution < 1.29 is 4.79 Å². The van der Waals surface area contributed by atoms with Crippen molar-refractivity contribution in [2.75, 3.05) is 0 Å². The number of aromatic nitrogens is 2. The smallest absolute Gasteiger partial charge is 0.155 e. The lowest BCUT2D eigenvalue weighted by Gasteiger charge is -2.06. The number of carbonyl (C=O) groups is 1. The summed E-state index contributed by atoms with van der Waals surface area (Å²) >= 11 is 18.3. The second-order valence-corrected chi connectivity index (χ2v) is 6.37. The van der Waals surface area contributed by atoms with Crippen molar-refractivity contribution in [3.05, 3.63) is 44.7 Å². The largest absolute Gasteiger partial charge is 0.298 e. The summed E-state index contributed by atoms with van der Waals surface area (Å²) in [7, 11) is 0. The molecule has 0 N–H and O–H groups in total. The number of aldehydes is 1. The highest BCUT2D eigenvalue weighted by molar-refractivity contribution is 6.42. The van der Waals surface area contributed by atoms with Gasteiger partial charge in [-0.05, 0) is 31.0 Å². The number of halogens is 3. The molecule has 0 spiro atoms. The normalized spacial score (nSPS) is 15.6. The highest BCUT2D eigenvalue weighted by atomic mass is 35.5. The van der Waals surface area contributed by atoms with Gasteiger partial charge in [-0.2, -0.15) is 5.10 Å². The molecule has 2 aromatic rings. The van der Waals surface area contributed by atoms with Crippen LogP contribution in [-0.4, -0.2) is 16.1 Å². The van der Waals surface area contributed by atoms with Gasteiger partial charge in [0.2, 0.25) is 0 Å². The third kappa shape index (κ3) is 2.70. The lowest BCUT2D eigenvalue weighted by Crippen LogP contribution is -2.00. The summed E-state index contributed by atoms with van der Waals surface area (Å²) in [5.74, 6) is 0.312. The molecule has 3 rings (SSSR count). The number of benzene rings is 1. The van der Waals surface area contributed by atoms with E-state index in [1.807, 2.05) is 0 Å². The Bertz CT molecular complexity index is 690. The van der Waals surface area contributed by atoms with Crippen LogP contribution in [0.1, 0.15) is 47.7 Å². The van der Waals surface area contributed by atoms with Crippen molar-refractivity contribution in [1.82, 2.24) is 9.78 Å². The Morgan fingerprint density at radius 3 is 2.48 bits per heavy atom. The third-order valence-corrected chi connectivity index (χ3v) is 5.00. The van der Waals surface area contributed by atoms with Crippen LogP contribution in [0.25, 0.3) is 5.69 Å². The van der Waals surface area contributed by atoms with E-state index in [2.05, 4.69) is 5.10 Å². The van der Waals surface area contributed by atoms with Crippen LogP contribution in [0.4, 0.5) is 0 Å². The summed E-state index contributed by atoms with van der Waals surface area (Å²) in [6, 6.07) is 5.16. The summed E-state index contributed by atoms with van der Waals surface area (Å²) < 4.78 is 1.56. The first kappa shape index (κ1) is 14.9. The first-order chi connectivity index (χ1) is 10.1. The van der Waals surface area contributed by atoms with Gasteiger partial charge in [0.25, 0.3) is 0 Å². The van der Waals surface area contributed by atoms with Crippen LogP contribution in [0.5, 0.6) is 0 Å². The molecule has 0 unspecified atom stereocenters. The molecule has 1 heterocycles. The predicted molar refractivity (Wildman–Crippen MR) is 85.2 cm³/mol. The molecule has 0 atom stereocenters. The molecule has 21 heavy (non-hydrogen) atoms. The Morgan fingerprint density at radius 2 is 1.86 bits per heavy atom. The molecule has 0 amide bonds. The summed E-state index contributed by atoms with van der Waals surface area (Å²) in [5, 5.41) is 5.77. The third-order valence-electron chi connectivity index (χ3n) is 3.90. The molecule has 110 valence electrons. The molecule has 1 aromatic carbocycles. The van der Waals surface area contributed by atoms with Crippen molar-refractivity contribution in [2.45, 2.75) is 31.6 Å². The molecule has 3 nitrogen and oxygen atoms in total. The van der Waals surface area contributed by atoms with Gasteiger partial charge in [-0.25, -0.2) is 4.68 Å². The zero-order valence-corrected chi connectivity index (χ0v) is 13.4. The number of hydrogen-bond donors (Lipinski definition) is 0. The lowest BCUT2D eigenvalue weighted by atomic mass is 10.0. The molecular formula is C15H13Cl3N2O. The highest BCUT2D eigenvalue weighted by Gasteiger charge is 2.26. The van der Waals surface area contributed by atoms with E-state index in [1.54, 1.807) is 22.9 Å². The van der Waals surface area contributed by atoms with E-state index >= 15 is 0 Å². The van der Waals surface area contributed by atoms with Crippen LogP contribution < -0.4 is 0 Å². The SMILES string of the molecule is O=Cc1c(C2CCCC2)nn(-c2ccc(Cl)c(Cl)c2)c1Cl. The van der Waals surface area contributed by atoms with E-state index in [1.165, 1.54) is 12.8 Å². The van der Waals surface area contributed by atoms with Gasteiger partial charge >= 0.3 is 0 Å². The van der Waals surface area contributed by atoms with Crippen molar-refractivity contribution in [3.63, 3.8) is 0 Å². The quantitative estimate of drug-likeness (QED) is 0.708. The Balaban J connectivity index is 2.10. The maximum absolute atomic E-state index is 11.4. The van der Waals surface area contributed by atoms with E-state index in [9.17, 15) is 4.79 Å². The van der Waals surface area contributed by atoms with Gasteiger partial charge in [-0.15, -0.1) is 0 Å². The van der Waals surface area contributed by atoms with Crippen LogP contribution in [0.2, 0.25) is 15.2 Å². The van der Waals surface area contributed by atoms with Gasteiger partial charge in [0.1, 0.15) is 5.15 Å². The predicted octanol–water partition coefficient (Wildman–Crippen LogP) is 5.30. The maximum Gasteiger partial charge on any atom is 0.155 e. The van der Waals surface area contributed by atoms with Gasteiger partial charge in [-0.1, -0.05) is 47.6 Å². The maximum atomic E-state index is 11.4. The zero-order chi connectivity index (χ0) is 15.0. The van der Waals surface area contributed by atoms with E-state index in [-0.39, 0.29) is 0 Å². The number of carbonyl (C=O) groups excluding carboxylic acids is 1. The van der Waals surface area contributed by atoms with Crippen molar-refractivity contribution in [1.29, 1.82) is 0 Å². The van der Waals surface area contributed by atoms with Gasteiger partial charge in [0, 0.05) is 5.92 Å². The monoisotopic (exact) mass is 342 g/mol.